The molecule has 2 aromatic heterocycles. The Bertz CT molecular complexity index is 699. The molecule has 3 heterocycles. The molecule has 0 aromatic carbocycles. The van der Waals surface area contributed by atoms with Gasteiger partial charge in [0.1, 0.15) is 5.01 Å². The minimum Gasteiger partial charge on any atom is -0.332 e. The van der Waals surface area contributed by atoms with E-state index in [2.05, 4.69) is 9.97 Å². The number of likely N-dealkylation sites (tertiary alicyclic amines) is 1. The Morgan fingerprint density at radius 2 is 2.22 bits per heavy atom. The van der Waals surface area contributed by atoms with E-state index in [4.69, 9.17) is 0 Å². The van der Waals surface area contributed by atoms with Gasteiger partial charge in [-0.3, -0.25) is 14.6 Å². The van der Waals surface area contributed by atoms with Crippen LogP contribution in [-0.2, 0) is 16.0 Å². The lowest BCUT2D eigenvalue weighted by Gasteiger charge is -2.34. The van der Waals surface area contributed by atoms with Gasteiger partial charge in [0.2, 0.25) is 5.91 Å². The largest absolute Gasteiger partial charge is 0.332 e. The third-order valence-corrected chi connectivity index (χ3v) is 4.97. The summed E-state index contributed by atoms with van der Waals surface area (Å²) in [6.07, 6.45) is 4.72. The van der Waals surface area contributed by atoms with E-state index in [0.717, 1.165) is 35.7 Å². The fourth-order valence-corrected chi connectivity index (χ4v) is 3.70. The predicted molar refractivity (Wildman–Crippen MR) is 89.1 cm³/mol. The number of rotatable bonds is 4. The number of hydrogen-bond donors (Lipinski definition) is 0. The smallest absolute Gasteiger partial charge is 0.229 e. The molecule has 0 radical (unpaired) electrons. The van der Waals surface area contributed by atoms with Crippen molar-refractivity contribution in [3.8, 4) is 10.7 Å². The summed E-state index contributed by atoms with van der Waals surface area (Å²) in [5.41, 5.74) is 1.56. The average molecular weight is 329 g/mol. The second kappa shape index (κ2) is 7.00. The molecule has 5 nitrogen and oxygen atoms in total. The number of hydrogen-bond acceptors (Lipinski definition) is 5. The monoisotopic (exact) mass is 329 g/mol. The first-order chi connectivity index (χ1) is 11.1. The molecule has 0 spiro atoms. The lowest BCUT2D eigenvalue weighted by Crippen LogP contribution is -2.47. The molecule has 3 rings (SSSR count). The molecule has 1 saturated heterocycles. The Balaban J connectivity index is 1.70. The van der Waals surface area contributed by atoms with Gasteiger partial charge in [0.25, 0.3) is 0 Å². The first-order valence-corrected chi connectivity index (χ1v) is 8.69. The molecular formula is C17H19N3O2S. The van der Waals surface area contributed by atoms with Crippen LogP contribution in [-0.4, -0.2) is 39.1 Å². The minimum atomic E-state index is -0.259. The molecule has 0 N–H and O–H groups in total. The van der Waals surface area contributed by atoms with Crippen molar-refractivity contribution in [3.63, 3.8) is 0 Å². The van der Waals surface area contributed by atoms with Crippen LogP contribution in [0.3, 0.4) is 0 Å². The highest BCUT2D eigenvalue weighted by atomic mass is 32.1. The van der Waals surface area contributed by atoms with Crippen LogP contribution >= 0.6 is 11.3 Å². The van der Waals surface area contributed by atoms with E-state index < -0.39 is 0 Å². The van der Waals surface area contributed by atoms with Gasteiger partial charge in [-0.05, 0) is 38.3 Å². The summed E-state index contributed by atoms with van der Waals surface area (Å²) in [4.78, 5) is 34.8. The Kier molecular flexibility index (Phi) is 4.81. The molecule has 120 valence electrons. The average Bonchev–Trinajstić information content (AvgIpc) is 3.04. The third kappa shape index (κ3) is 3.64. The van der Waals surface area contributed by atoms with Crippen LogP contribution < -0.4 is 0 Å². The minimum absolute atomic E-state index is 0.0113. The lowest BCUT2D eigenvalue weighted by molar-refractivity contribution is -0.140. The zero-order valence-electron chi connectivity index (χ0n) is 13.1. The number of nitrogens with zero attached hydrogens (tertiary/aromatic N) is 3. The Labute approximate surface area is 139 Å². The second-order valence-electron chi connectivity index (χ2n) is 5.75. The maximum Gasteiger partial charge on any atom is 0.229 e. The number of aromatic nitrogens is 2. The number of amides is 1. The number of carbonyl (C=O) groups excluding carboxylic acids is 2. The van der Waals surface area contributed by atoms with Gasteiger partial charge in [0.15, 0.2) is 5.78 Å². The fraction of sp³-hybridized carbons (Fsp3) is 0.412. The van der Waals surface area contributed by atoms with Crippen molar-refractivity contribution in [3.05, 3.63) is 35.5 Å². The highest BCUT2D eigenvalue weighted by Gasteiger charge is 2.29. The van der Waals surface area contributed by atoms with Crippen LogP contribution in [0.2, 0.25) is 0 Å². The molecule has 0 unspecified atom stereocenters. The van der Waals surface area contributed by atoms with E-state index >= 15 is 0 Å². The van der Waals surface area contributed by atoms with Crippen molar-refractivity contribution in [1.29, 1.82) is 0 Å². The van der Waals surface area contributed by atoms with Crippen molar-refractivity contribution in [2.75, 3.05) is 6.54 Å². The van der Waals surface area contributed by atoms with E-state index in [1.807, 2.05) is 23.6 Å². The molecule has 23 heavy (non-hydrogen) atoms. The maximum absolute atomic E-state index is 12.6. The predicted octanol–water partition coefficient (Wildman–Crippen LogP) is 2.72. The summed E-state index contributed by atoms with van der Waals surface area (Å²) in [6, 6.07) is 5.42. The van der Waals surface area contributed by atoms with E-state index in [9.17, 15) is 9.59 Å². The third-order valence-electron chi connectivity index (χ3n) is 4.06. The van der Waals surface area contributed by atoms with Gasteiger partial charge in [0.05, 0.1) is 23.9 Å². The van der Waals surface area contributed by atoms with Crippen LogP contribution in [0.4, 0.5) is 0 Å². The molecule has 6 heteroatoms. The van der Waals surface area contributed by atoms with E-state index in [1.165, 1.54) is 11.3 Å². The van der Waals surface area contributed by atoms with E-state index in [0.29, 0.717) is 6.54 Å². The standard InChI is InChI=1S/C17H19N3O2S/c1-12(21)15-7-3-5-9-20(15)16(22)10-13-11-23-17(19-13)14-6-2-4-8-18-14/h2,4,6,8,11,15H,3,5,7,9-10H2,1H3/t15-/m0/s1. The highest BCUT2D eigenvalue weighted by molar-refractivity contribution is 7.13. The first-order valence-electron chi connectivity index (χ1n) is 7.81. The molecule has 0 aliphatic carbocycles. The van der Waals surface area contributed by atoms with Gasteiger partial charge < -0.3 is 4.90 Å². The van der Waals surface area contributed by atoms with Gasteiger partial charge >= 0.3 is 0 Å². The van der Waals surface area contributed by atoms with Gasteiger partial charge in [-0.25, -0.2) is 4.98 Å². The van der Waals surface area contributed by atoms with Gasteiger partial charge in [-0.15, -0.1) is 11.3 Å². The quantitative estimate of drug-likeness (QED) is 0.865. The lowest BCUT2D eigenvalue weighted by atomic mass is 9.98. The summed E-state index contributed by atoms with van der Waals surface area (Å²) in [5.74, 6) is 0.0632. The second-order valence-corrected chi connectivity index (χ2v) is 6.60. The molecule has 0 saturated carbocycles. The van der Waals surface area contributed by atoms with Crippen molar-refractivity contribution < 1.29 is 9.59 Å². The molecule has 1 aliphatic heterocycles. The number of pyridine rings is 1. The molecule has 1 amide bonds. The number of ketones is 1. The summed E-state index contributed by atoms with van der Waals surface area (Å²) < 4.78 is 0. The van der Waals surface area contributed by atoms with Crippen molar-refractivity contribution in [2.45, 2.75) is 38.6 Å². The van der Waals surface area contributed by atoms with Crippen molar-refractivity contribution in [1.82, 2.24) is 14.9 Å². The van der Waals surface area contributed by atoms with Crippen molar-refractivity contribution >= 4 is 23.0 Å². The molecular weight excluding hydrogens is 310 g/mol. The first kappa shape index (κ1) is 15.8. The summed E-state index contributed by atoms with van der Waals surface area (Å²) >= 11 is 1.49. The zero-order chi connectivity index (χ0) is 16.2. The molecule has 1 fully saturated rings. The molecule has 1 aliphatic rings. The zero-order valence-corrected chi connectivity index (χ0v) is 13.9. The Morgan fingerprint density at radius 3 is 2.96 bits per heavy atom. The number of carbonyl (C=O) groups is 2. The summed E-state index contributed by atoms with van der Waals surface area (Å²) in [7, 11) is 0. The van der Waals surface area contributed by atoms with Crippen LogP contribution in [0.15, 0.2) is 29.8 Å². The van der Waals surface area contributed by atoms with Crippen LogP contribution in [0.1, 0.15) is 31.9 Å². The number of piperidine rings is 1. The van der Waals surface area contributed by atoms with Crippen LogP contribution in [0.25, 0.3) is 10.7 Å². The Morgan fingerprint density at radius 1 is 1.35 bits per heavy atom. The van der Waals surface area contributed by atoms with E-state index in [-0.39, 0.29) is 24.2 Å². The molecule has 1 atom stereocenters. The van der Waals surface area contributed by atoms with Gasteiger partial charge in [-0.2, -0.15) is 0 Å². The number of Topliss-reactive ketones (excluding diaryl/α,β-unsaturated/α-hetero) is 1. The van der Waals surface area contributed by atoms with Gasteiger partial charge in [-0.1, -0.05) is 6.07 Å². The maximum atomic E-state index is 12.6. The number of thiazole rings is 1. The van der Waals surface area contributed by atoms with Crippen LogP contribution in [0.5, 0.6) is 0 Å². The van der Waals surface area contributed by atoms with Gasteiger partial charge in [0, 0.05) is 18.1 Å². The summed E-state index contributed by atoms with van der Waals surface area (Å²) in [5, 5.41) is 2.71. The molecule has 2 aromatic rings. The van der Waals surface area contributed by atoms with Crippen LogP contribution in [0, 0.1) is 0 Å². The highest BCUT2D eigenvalue weighted by Crippen LogP contribution is 2.23. The SMILES string of the molecule is CC(=O)[C@@H]1CCCCN1C(=O)Cc1csc(-c2ccccn2)n1. The summed E-state index contributed by atoms with van der Waals surface area (Å²) in [6.45, 7) is 2.23. The Hall–Kier alpha value is -2.08. The van der Waals surface area contributed by atoms with Crippen molar-refractivity contribution in [2.24, 2.45) is 0 Å². The molecule has 0 bridgehead atoms. The fourth-order valence-electron chi connectivity index (χ4n) is 2.90. The topological polar surface area (TPSA) is 63.2 Å². The van der Waals surface area contributed by atoms with E-state index in [1.54, 1.807) is 18.0 Å². The normalized spacial score (nSPS) is 18.0.